The Labute approximate surface area is 176 Å². The zero-order valence-electron chi connectivity index (χ0n) is 18.4. The third-order valence-electron chi connectivity index (χ3n) is 6.88. The van der Waals surface area contributed by atoms with E-state index in [1.54, 1.807) is 6.08 Å². The molecule has 4 heteroatoms. The summed E-state index contributed by atoms with van der Waals surface area (Å²) in [5, 5.41) is 3.80. The highest BCUT2D eigenvalue weighted by Gasteiger charge is 2.36. The van der Waals surface area contributed by atoms with Crippen molar-refractivity contribution < 1.29 is 4.39 Å². The van der Waals surface area contributed by atoms with Gasteiger partial charge in [0.15, 0.2) is 0 Å². The molecule has 0 amide bonds. The van der Waals surface area contributed by atoms with E-state index in [-0.39, 0.29) is 11.4 Å². The molecular formula is C25H38FN3. The summed E-state index contributed by atoms with van der Waals surface area (Å²) in [6.07, 6.45) is 7.37. The largest absolute Gasteiger partial charge is 0.304 e. The highest BCUT2D eigenvalue weighted by atomic mass is 19.1. The maximum Gasteiger partial charge on any atom is 0.101 e. The first kappa shape index (κ1) is 22.2. The van der Waals surface area contributed by atoms with E-state index in [4.69, 9.17) is 0 Å². The summed E-state index contributed by atoms with van der Waals surface area (Å²) < 4.78 is 14.8. The maximum absolute atomic E-state index is 14.8. The Balaban J connectivity index is 1.70. The first-order valence-corrected chi connectivity index (χ1v) is 11.2. The molecule has 3 rings (SSSR count). The van der Waals surface area contributed by atoms with Crippen LogP contribution >= 0.6 is 0 Å². The molecule has 0 atom stereocenters. The van der Waals surface area contributed by atoms with E-state index < -0.39 is 0 Å². The third kappa shape index (κ3) is 5.78. The van der Waals surface area contributed by atoms with Crippen molar-refractivity contribution in [3.8, 4) is 0 Å². The molecule has 2 fully saturated rings. The van der Waals surface area contributed by atoms with E-state index in [1.807, 2.05) is 6.92 Å². The predicted octanol–water partition coefficient (Wildman–Crippen LogP) is 5.05. The predicted molar refractivity (Wildman–Crippen MR) is 120 cm³/mol. The Morgan fingerprint density at radius 1 is 1.14 bits per heavy atom. The molecule has 0 unspecified atom stereocenters. The highest BCUT2D eigenvalue weighted by Crippen LogP contribution is 2.38. The van der Waals surface area contributed by atoms with Crippen molar-refractivity contribution in [2.75, 3.05) is 33.2 Å². The molecule has 1 saturated carbocycles. The molecule has 2 aliphatic rings. The second-order valence-electron chi connectivity index (χ2n) is 8.85. The lowest BCUT2D eigenvalue weighted by molar-refractivity contribution is 0.148. The summed E-state index contributed by atoms with van der Waals surface area (Å²) in [7, 11) is 2.19. The molecule has 1 aromatic rings. The van der Waals surface area contributed by atoms with Crippen molar-refractivity contribution in [2.24, 2.45) is 0 Å². The fraction of sp³-hybridized carbons (Fsp3) is 0.600. The molecule has 1 aliphatic carbocycles. The van der Waals surface area contributed by atoms with Crippen molar-refractivity contribution in [3.05, 3.63) is 59.4 Å². The Morgan fingerprint density at radius 2 is 1.79 bits per heavy atom. The molecule has 1 N–H and O–H groups in total. The zero-order chi connectivity index (χ0) is 20.7. The summed E-state index contributed by atoms with van der Waals surface area (Å²) in [6, 6.07) is 8.75. The monoisotopic (exact) mass is 399 g/mol. The van der Waals surface area contributed by atoms with Crippen molar-refractivity contribution in [1.82, 2.24) is 15.1 Å². The van der Waals surface area contributed by atoms with Gasteiger partial charge in [-0.2, -0.15) is 0 Å². The average molecular weight is 400 g/mol. The van der Waals surface area contributed by atoms with Crippen LogP contribution in [0.4, 0.5) is 4.39 Å². The van der Waals surface area contributed by atoms with Gasteiger partial charge in [-0.25, -0.2) is 4.39 Å². The summed E-state index contributed by atoms with van der Waals surface area (Å²) in [5.41, 5.74) is 3.46. The van der Waals surface area contributed by atoms with Gasteiger partial charge in [0.1, 0.15) is 5.83 Å². The second kappa shape index (κ2) is 10.5. The van der Waals surface area contributed by atoms with Gasteiger partial charge >= 0.3 is 0 Å². The van der Waals surface area contributed by atoms with Crippen LogP contribution in [0, 0.1) is 0 Å². The van der Waals surface area contributed by atoms with Crippen LogP contribution in [0.15, 0.2) is 48.3 Å². The molecule has 160 valence electrons. The number of rotatable bonds is 9. The van der Waals surface area contributed by atoms with Crippen molar-refractivity contribution in [3.63, 3.8) is 0 Å². The Bertz CT molecular complexity index is 698. The highest BCUT2D eigenvalue weighted by molar-refractivity contribution is 5.29. The van der Waals surface area contributed by atoms with Gasteiger partial charge in [0.2, 0.25) is 0 Å². The quantitative estimate of drug-likeness (QED) is 0.587. The summed E-state index contributed by atoms with van der Waals surface area (Å²) in [5.74, 6) is 0.0463. The molecule has 0 bridgehead atoms. The maximum atomic E-state index is 14.8. The molecule has 1 aromatic carbocycles. The lowest BCUT2D eigenvalue weighted by Crippen LogP contribution is -2.45. The van der Waals surface area contributed by atoms with E-state index in [0.717, 1.165) is 57.7 Å². The number of benzene rings is 1. The van der Waals surface area contributed by atoms with Crippen molar-refractivity contribution in [1.29, 1.82) is 0 Å². The lowest BCUT2D eigenvalue weighted by Gasteiger charge is -2.34. The molecule has 0 radical (unpaired) electrons. The van der Waals surface area contributed by atoms with Crippen LogP contribution in [0.25, 0.3) is 0 Å². The number of allylic oxidation sites excluding steroid dienone is 2. The van der Waals surface area contributed by atoms with E-state index in [1.165, 1.54) is 24.0 Å². The van der Waals surface area contributed by atoms with E-state index in [2.05, 4.69) is 53.0 Å². The summed E-state index contributed by atoms with van der Waals surface area (Å²) in [6.45, 7) is 12.0. The number of hydrogen-bond acceptors (Lipinski definition) is 3. The summed E-state index contributed by atoms with van der Waals surface area (Å²) in [4.78, 5) is 4.94. The fourth-order valence-corrected chi connectivity index (χ4v) is 4.73. The third-order valence-corrected chi connectivity index (χ3v) is 6.88. The minimum atomic E-state index is -0.188. The summed E-state index contributed by atoms with van der Waals surface area (Å²) >= 11 is 0. The average Bonchev–Trinajstić information content (AvgIpc) is 3.22. The van der Waals surface area contributed by atoms with Crippen LogP contribution in [-0.4, -0.2) is 48.6 Å². The number of likely N-dealkylation sites (N-methyl/N-ethyl adjacent to an activating group) is 1. The smallest absolute Gasteiger partial charge is 0.101 e. The lowest BCUT2D eigenvalue weighted by atomic mass is 9.87. The first-order valence-electron chi connectivity index (χ1n) is 11.2. The molecule has 1 heterocycles. The van der Waals surface area contributed by atoms with Gasteiger partial charge in [0.25, 0.3) is 0 Å². The number of halogens is 1. The van der Waals surface area contributed by atoms with Gasteiger partial charge in [-0.05, 0) is 49.9 Å². The Hall–Kier alpha value is -1.49. The Kier molecular flexibility index (Phi) is 8.05. The molecular weight excluding hydrogens is 361 g/mol. The van der Waals surface area contributed by atoms with Crippen LogP contribution in [-0.2, 0) is 13.1 Å². The van der Waals surface area contributed by atoms with Gasteiger partial charge < -0.3 is 10.2 Å². The number of piperazine rings is 1. The van der Waals surface area contributed by atoms with Crippen LogP contribution in [0.2, 0.25) is 0 Å². The number of hydrogen-bond donors (Lipinski definition) is 1. The van der Waals surface area contributed by atoms with E-state index in [9.17, 15) is 4.39 Å². The number of nitrogens with zero attached hydrogens (tertiary/aromatic N) is 2. The Morgan fingerprint density at radius 3 is 2.45 bits per heavy atom. The topological polar surface area (TPSA) is 18.5 Å². The van der Waals surface area contributed by atoms with E-state index >= 15 is 0 Å². The number of nitrogens with one attached hydrogen (secondary N) is 1. The SMILES string of the molecule is C=CCC/C(F)=C(\C)C1(NCc2ccccc2CN2CCN(C)CC2)CCCC1. The molecule has 0 spiro atoms. The zero-order valence-corrected chi connectivity index (χ0v) is 18.4. The normalized spacial score (nSPS) is 21.2. The van der Waals surface area contributed by atoms with Gasteiger partial charge in [0, 0.05) is 51.2 Å². The van der Waals surface area contributed by atoms with Gasteiger partial charge in [-0.15, -0.1) is 6.58 Å². The molecule has 1 saturated heterocycles. The minimum absolute atomic E-state index is 0.0463. The molecule has 0 aromatic heterocycles. The molecule has 29 heavy (non-hydrogen) atoms. The molecule has 3 nitrogen and oxygen atoms in total. The fourth-order valence-electron chi connectivity index (χ4n) is 4.73. The molecule has 1 aliphatic heterocycles. The van der Waals surface area contributed by atoms with Crippen LogP contribution in [0.3, 0.4) is 0 Å². The van der Waals surface area contributed by atoms with Crippen molar-refractivity contribution in [2.45, 2.75) is 64.1 Å². The van der Waals surface area contributed by atoms with Gasteiger partial charge in [0.05, 0.1) is 0 Å². The van der Waals surface area contributed by atoms with Crippen molar-refractivity contribution >= 4 is 0 Å². The van der Waals surface area contributed by atoms with E-state index in [0.29, 0.717) is 12.8 Å². The van der Waals surface area contributed by atoms with Gasteiger partial charge in [-0.1, -0.05) is 43.2 Å². The van der Waals surface area contributed by atoms with Crippen LogP contribution in [0.1, 0.15) is 56.6 Å². The van der Waals surface area contributed by atoms with Crippen LogP contribution < -0.4 is 5.32 Å². The van der Waals surface area contributed by atoms with Crippen LogP contribution in [0.5, 0.6) is 0 Å². The minimum Gasteiger partial charge on any atom is -0.304 e. The van der Waals surface area contributed by atoms with Gasteiger partial charge in [-0.3, -0.25) is 4.90 Å². The second-order valence-corrected chi connectivity index (χ2v) is 8.85. The standard InChI is InChI=1S/C25H38FN3/c1-4-5-12-24(26)21(2)25(13-8-9-14-25)27-19-22-10-6-7-11-23(22)20-29-17-15-28(3)16-18-29/h4,6-7,10-11,27H,1,5,8-9,12-20H2,2-3H3/b24-21-. The first-order chi connectivity index (χ1) is 14.0.